The lowest BCUT2D eigenvalue weighted by Crippen LogP contribution is -2.46. The Bertz CT molecular complexity index is 584. The van der Waals surface area contributed by atoms with Crippen LogP contribution in [0, 0.1) is 9.49 Å². The second kappa shape index (κ2) is 7.19. The van der Waals surface area contributed by atoms with Crippen LogP contribution in [0.25, 0.3) is 0 Å². The number of rotatable bonds is 4. The maximum atomic E-state index is 13.0. The number of benzene rings is 1. The van der Waals surface area contributed by atoms with Gasteiger partial charge < -0.3 is 10.2 Å². The van der Waals surface area contributed by atoms with Crippen LogP contribution in [-0.4, -0.2) is 42.7 Å². The monoisotopic (exact) mass is 452 g/mol. The van der Waals surface area contributed by atoms with E-state index in [0.717, 1.165) is 40.0 Å². The zero-order valence-corrected chi connectivity index (χ0v) is 15.3. The molecule has 3 rings (SSSR count). The molecular formula is C17H20F3IN2O. The van der Waals surface area contributed by atoms with E-state index in [1.807, 2.05) is 24.3 Å². The number of piperidine rings is 1. The van der Waals surface area contributed by atoms with Crippen molar-refractivity contribution < 1.29 is 18.0 Å². The van der Waals surface area contributed by atoms with Crippen LogP contribution < -0.4 is 5.32 Å². The van der Waals surface area contributed by atoms with Crippen molar-refractivity contribution in [2.75, 3.05) is 19.6 Å². The number of nitrogens with one attached hydrogen (secondary N) is 1. The second-order valence-corrected chi connectivity index (χ2v) is 7.86. The van der Waals surface area contributed by atoms with E-state index in [-0.39, 0.29) is 24.4 Å². The molecule has 1 aromatic rings. The Morgan fingerprint density at radius 2 is 1.83 bits per heavy atom. The van der Waals surface area contributed by atoms with Crippen molar-refractivity contribution in [2.24, 2.45) is 5.92 Å². The quantitative estimate of drug-likeness (QED) is 0.710. The minimum Gasteiger partial charge on any atom is -0.331 e. The molecule has 3 nitrogen and oxygen atoms in total. The number of alkyl halides is 3. The summed E-state index contributed by atoms with van der Waals surface area (Å²) in [6.07, 6.45) is -2.54. The Morgan fingerprint density at radius 3 is 2.42 bits per heavy atom. The van der Waals surface area contributed by atoms with Crippen molar-refractivity contribution in [2.45, 2.75) is 37.4 Å². The minimum atomic E-state index is -4.80. The Kier molecular flexibility index (Phi) is 5.39. The third-order valence-corrected chi connectivity index (χ3v) is 5.59. The largest absolute Gasteiger partial charge is 0.471 e. The molecule has 1 saturated heterocycles. The van der Waals surface area contributed by atoms with E-state index >= 15 is 0 Å². The fraction of sp³-hybridized carbons (Fsp3) is 0.588. The molecule has 1 heterocycles. The molecule has 132 valence electrons. The van der Waals surface area contributed by atoms with Crippen molar-refractivity contribution in [3.8, 4) is 0 Å². The number of amides is 1. The molecule has 24 heavy (non-hydrogen) atoms. The molecule has 7 heteroatoms. The highest BCUT2D eigenvalue weighted by atomic mass is 127. The molecule has 0 spiro atoms. The molecule has 1 aliphatic carbocycles. The van der Waals surface area contributed by atoms with Gasteiger partial charge in [-0.05, 0) is 78.6 Å². The first kappa shape index (κ1) is 18.0. The van der Waals surface area contributed by atoms with Gasteiger partial charge in [0.25, 0.3) is 0 Å². The van der Waals surface area contributed by atoms with Crippen LogP contribution in [0.4, 0.5) is 13.2 Å². The third-order valence-electron chi connectivity index (χ3n) is 4.87. The number of hydrogen-bond donors (Lipinski definition) is 1. The summed E-state index contributed by atoms with van der Waals surface area (Å²) in [7, 11) is 0. The van der Waals surface area contributed by atoms with Crippen molar-refractivity contribution >= 4 is 28.5 Å². The Hall–Kier alpha value is -0.830. The fourth-order valence-corrected chi connectivity index (χ4v) is 3.83. The summed E-state index contributed by atoms with van der Waals surface area (Å²) in [5, 5.41) is 3.21. The van der Waals surface area contributed by atoms with Crippen LogP contribution >= 0.6 is 22.6 Å². The first-order chi connectivity index (χ1) is 11.4. The van der Waals surface area contributed by atoms with Crippen molar-refractivity contribution in [3.05, 3.63) is 33.4 Å². The first-order valence-electron chi connectivity index (χ1n) is 8.20. The molecule has 1 saturated carbocycles. The lowest BCUT2D eigenvalue weighted by atomic mass is 9.97. The fourth-order valence-electron chi connectivity index (χ4n) is 3.47. The van der Waals surface area contributed by atoms with Crippen LogP contribution in [0.2, 0.25) is 0 Å². The van der Waals surface area contributed by atoms with Gasteiger partial charge in [0.1, 0.15) is 0 Å². The molecule has 0 radical (unpaired) electrons. The summed E-state index contributed by atoms with van der Waals surface area (Å²) < 4.78 is 40.1. The van der Waals surface area contributed by atoms with Crippen molar-refractivity contribution in [3.63, 3.8) is 0 Å². The first-order valence-corrected chi connectivity index (χ1v) is 9.28. The standard InChI is InChI=1S/C17H20F3IN2O/c18-17(19,20)16(24)23(10-11-5-7-22-8-6-11)15-9-14(15)12-1-3-13(21)4-2-12/h1-4,11,14-15,22H,5-10H2. The average molecular weight is 452 g/mol. The van der Waals surface area contributed by atoms with Crippen molar-refractivity contribution in [1.29, 1.82) is 0 Å². The van der Waals surface area contributed by atoms with Gasteiger partial charge in [-0.1, -0.05) is 12.1 Å². The molecule has 2 atom stereocenters. The Balaban J connectivity index is 1.72. The number of carbonyl (C=O) groups is 1. The third kappa shape index (κ3) is 4.22. The number of hydrogen-bond acceptors (Lipinski definition) is 2. The predicted octanol–water partition coefficient (Wildman–Crippen LogP) is 3.54. The van der Waals surface area contributed by atoms with E-state index in [9.17, 15) is 18.0 Å². The molecule has 1 amide bonds. The van der Waals surface area contributed by atoms with E-state index in [1.54, 1.807) is 0 Å². The topological polar surface area (TPSA) is 32.3 Å². The molecule has 1 aliphatic heterocycles. The van der Waals surface area contributed by atoms with Crippen molar-refractivity contribution in [1.82, 2.24) is 10.2 Å². The lowest BCUT2D eigenvalue weighted by Gasteiger charge is -2.31. The number of halogens is 4. The van der Waals surface area contributed by atoms with Crippen LogP contribution in [0.3, 0.4) is 0 Å². The molecule has 0 bridgehead atoms. The Labute approximate surface area is 153 Å². The highest BCUT2D eigenvalue weighted by Crippen LogP contribution is 2.46. The zero-order chi connectivity index (χ0) is 17.3. The van der Waals surface area contributed by atoms with Gasteiger partial charge in [-0.25, -0.2) is 0 Å². The minimum absolute atomic E-state index is 0.0232. The van der Waals surface area contributed by atoms with Gasteiger partial charge in [0, 0.05) is 22.1 Å². The van der Waals surface area contributed by atoms with E-state index in [2.05, 4.69) is 27.9 Å². The van der Waals surface area contributed by atoms with Gasteiger partial charge >= 0.3 is 12.1 Å². The average Bonchev–Trinajstić information content (AvgIpc) is 3.33. The molecule has 1 N–H and O–H groups in total. The highest BCUT2D eigenvalue weighted by molar-refractivity contribution is 14.1. The summed E-state index contributed by atoms with van der Waals surface area (Å²) in [6, 6.07) is 7.48. The maximum Gasteiger partial charge on any atom is 0.471 e. The van der Waals surface area contributed by atoms with Gasteiger partial charge in [-0.2, -0.15) is 13.2 Å². The zero-order valence-electron chi connectivity index (χ0n) is 13.2. The smallest absolute Gasteiger partial charge is 0.331 e. The van der Waals surface area contributed by atoms with E-state index in [0.29, 0.717) is 6.42 Å². The molecule has 2 unspecified atom stereocenters. The molecule has 0 aromatic heterocycles. The van der Waals surface area contributed by atoms with Crippen LogP contribution in [-0.2, 0) is 4.79 Å². The summed E-state index contributed by atoms with van der Waals surface area (Å²) >= 11 is 2.20. The summed E-state index contributed by atoms with van der Waals surface area (Å²) in [4.78, 5) is 13.0. The molecular weight excluding hydrogens is 432 g/mol. The van der Waals surface area contributed by atoms with Crippen LogP contribution in [0.15, 0.2) is 24.3 Å². The predicted molar refractivity (Wildman–Crippen MR) is 93.7 cm³/mol. The second-order valence-electron chi connectivity index (χ2n) is 6.61. The van der Waals surface area contributed by atoms with Gasteiger partial charge in [0.2, 0.25) is 0 Å². The van der Waals surface area contributed by atoms with Gasteiger partial charge in [-0.15, -0.1) is 0 Å². The normalized spacial score (nSPS) is 24.7. The van der Waals surface area contributed by atoms with Gasteiger partial charge in [0.05, 0.1) is 0 Å². The van der Waals surface area contributed by atoms with Gasteiger partial charge in [0.15, 0.2) is 0 Å². The lowest BCUT2D eigenvalue weighted by molar-refractivity contribution is -0.186. The molecule has 2 fully saturated rings. The van der Waals surface area contributed by atoms with Crippen LogP contribution in [0.1, 0.15) is 30.7 Å². The summed E-state index contributed by atoms with van der Waals surface area (Å²) in [5.41, 5.74) is 1.02. The number of carbonyl (C=O) groups excluding carboxylic acids is 1. The summed E-state index contributed by atoms with van der Waals surface area (Å²) in [5.74, 6) is -1.51. The van der Waals surface area contributed by atoms with E-state index in [4.69, 9.17) is 0 Å². The molecule has 2 aliphatic rings. The van der Waals surface area contributed by atoms with E-state index in [1.165, 1.54) is 0 Å². The van der Waals surface area contributed by atoms with E-state index < -0.39 is 12.1 Å². The van der Waals surface area contributed by atoms with Crippen LogP contribution in [0.5, 0.6) is 0 Å². The Morgan fingerprint density at radius 1 is 1.21 bits per heavy atom. The summed E-state index contributed by atoms with van der Waals surface area (Å²) in [6.45, 7) is 1.83. The highest BCUT2D eigenvalue weighted by Gasteiger charge is 2.52. The van der Waals surface area contributed by atoms with Gasteiger partial charge in [-0.3, -0.25) is 4.79 Å². The molecule has 1 aromatic carbocycles. The maximum absolute atomic E-state index is 13.0. The number of nitrogens with zero attached hydrogens (tertiary/aromatic N) is 1. The SMILES string of the molecule is O=C(N(CC1CCNCC1)C1CC1c1ccc(I)cc1)C(F)(F)F.